The van der Waals surface area contributed by atoms with Gasteiger partial charge in [-0.3, -0.25) is 0 Å². The van der Waals surface area contributed by atoms with Crippen LogP contribution in [0.3, 0.4) is 0 Å². The number of rotatable bonds is 2. The van der Waals surface area contributed by atoms with Gasteiger partial charge in [0.15, 0.2) is 0 Å². The van der Waals surface area contributed by atoms with Crippen LogP contribution in [0.15, 0.2) is 0 Å². The van der Waals surface area contributed by atoms with E-state index in [1.807, 2.05) is 11.3 Å². The monoisotopic (exact) mass is 350 g/mol. The highest BCUT2D eigenvalue weighted by atomic mass is 35.5. The lowest BCUT2D eigenvalue weighted by Gasteiger charge is -2.35. The molecule has 1 fully saturated rings. The molecule has 2 aliphatic rings. The van der Waals surface area contributed by atoms with Gasteiger partial charge in [0.05, 0.1) is 5.39 Å². The zero-order valence-corrected chi connectivity index (χ0v) is 15.4. The lowest BCUT2D eigenvalue weighted by molar-refractivity contribution is 0.271. The van der Waals surface area contributed by atoms with Crippen LogP contribution in [0, 0.1) is 5.92 Å². The minimum absolute atomic E-state index is 0.386. The summed E-state index contributed by atoms with van der Waals surface area (Å²) in [4.78, 5) is 16.7. The van der Waals surface area contributed by atoms with E-state index in [0.29, 0.717) is 5.28 Å². The summed E-state index contributed by atoms with van der Waals surface area (Å²) in [5, 5.41) is 1.67. The Morgan fingerprint density at radius 1 is 1.22 bits per heavy atom. The van der Waals surface area contributed by atoms with Crippen LogP contribution in [0.25, 0.3) is 10.2 Å². The second kappa shape index (κ2) is 6.19. The van der Waals surface area contributed by atoms with Gasteiger partial charge in [0, 0.05) is 31.1 Å². The molecule has 1 aliphatic carbocycles. The number of fused-ring (bicyclic) bond motifs is 3. The lowest BCUT2D eigenvalue weighted by Crippen LogP contribution is -2.46. The van der Waals surface area contributed by atoms with E-state index in [1.165, 1.54) is 28.7 Å². The first-order valence-corrected chi connectivity index (χ1v) is 9.80. The van der Waals surface area contributed by atoms with Gasteiger partial charge in [0.25, 0.3) is 0 Å². The smallest absolute Gasteiger partial charge is 0.225 e. The molecule has 4 nitrogen and oxygen atoms in total. The summed E-state index contributed by atoms with van der Waals surface area (Å²) in [5.41, 5.74) is 1.49. The van der Waals surface area contributed by atoms with E-state index in [1.54, 1.807) is 0 Å². The first-order chi connectivity index (χ1) is 11.2. The van der Waals surface area contributed by atoms with Gasteiger partial charge in [-0.05, 0) is 48.9 Å². The maximum atomic E-state index is 6.24. The molecule has 0 spiro atoms. The molecule has 0 amide bonds. The second-order valence-electron chi connectivity index (χ2n) is 6.77. The highest BCUT2D eigenvalue weighted by Gasteiger charge is 2.27. The molecule has 1 aliphatic heterocycles. The molecule has 0 bridgehead atoms. The molecule has 0 aromatic carbocycles. The van der Waals surface area contributed by atoms with E-state index in [2.05, 4.69) is 33.6 Å². The Morgan fingerprint density at radius 2 is 2.00 bits per heavy atom. The number of halogens is 1. The Labute approximate surface area is 146 Å². The fourth-order valence-electron chi connectivity index (χ4n) is 3.80. The van der Waals surface area contributed by atoms with Crippen molar-refractivity contribution in [2.45, 2.75) is 33.1 Å². The highest BCUT2D eigenvalue weighted by molar-refractivity contribution is 7.19. The molecular weight excluding hydrogens is 328 g/mol. The Kier molecular flexibility index (Phi) is 4.20. The van der Waals surface area contributed by atoms with Crippen LogP contribution in [0.1, 0.15) is 30.7 Å². The maximum Gasteiger partial charge on any atom is 0.225 e. The minimum atomic E-state index is 0.386. The van der Waals surface area contributed by atoms with Gasteiger partial charge >= 0.3 is 0 Å². The highest BCUT2D eigenvalue weighted by Crippen LogP contribution is 2.41. The molecule has 0 saturated carbocycles. The molecule has 0 N–H and O–H groups in total. The normalized spacial score (nSPS) is 22.6. The quantitative estimate of drug-likeness (QED) is 0.774. The van der Waals surface area contributed by atoms with Gasteiger partial charge in [-0.1, -0.05) is 13.8 Å². The molecule has 1 unspecified atom stereocenters. The molecule has 23 heavy (non-hydrogen) atoms. The number of hydrogen-bond donors (Lipinski definition) is 0. The van der Waals surface area contributed by atoms with Gasteiger partial charge in [-0.2, -0.15) is 4.98 Å². The summed E-state index contributed by atoms with van der Waals surface area (Å²) in [6.45, 7) is 9.95. The zero-order valence-electron chi connectivity index (χ0n) is 13.8. The van der Waals surface area contributed by atoms with Crippen molar-refractivity contribution in [3.63, 3.8) is 0 Å². The summed E-state index contributed by atoms with van der Waals surface area (Å²) >= 11 is 8.07. The van der Waals surface area contributed by atoms with Gasteiger partial charge in [-0.25, -0.2) is 4.98 Å². The van der Waals surface area contributed by atoms with Crippen molar-refractivity contribution in [1.29, 1.82) is 0 Å². The average molecular weight is 351 g/mol. The number of aryl methyl sites for hydroxylation is 1. The first-order valence-electron chi connectivity index (χ1n) is 8.60. The number of likely N-dealkylation sites (N-methyl/N-ethyl adjacent to an activating group) is 1. The summed E-state index contributed by atoms with van der Waals surface area (Å²) in [6.07, 6.45) is 3.60. The number of thiophene rings is 1. The number of aromatic nitrogens is 2. The average Bonchev–Trinajstić information content (AvgIpc) is 2.91. The first kappa shape index (κ1) is 15.6. The second-order valence-corrected chi connectivity index (χ2v) is 8.19. The number of hydrogen-bond acceptors (Lipinski definition) is 5. The number of nitrogens with zero attached hydrogens (tertiary/aromatic N) is 4. The van der Waals surface area contributed by atoms with Crippen molar-refractivity contribution in [3.8, 4) is 0 Å². The van der Waals surface area contributed by atoms with E-state index in [9.17, 15) is 0 Å². The fourth-order valence-corrected chi connectivity index (χ4v) is 5.39. The van der Waals surface area contributed by atoms with Crippen molar-refractivity contribution < 1.29 is 0 Å². The van der Waals surface area contributed by atoms with Crippen LogP contribution in [-0.2, 0) is 12.8 Å². The van der Waals surface area contributed by atoms with Gasteiger partial charge in [0.2, 0.25) is 5.28 Å². The molecule has 1 atom stereocenters. The summed E-state index contributed by atoms with van der Waals surface area (Å²) < 4.78 is 0. The van der Waals surface area contributed by atoms with Crippen LogP contribution in [0.4, 0.5) is 5.82 Å². The van der Waals surface area contributed by atoms with E-state index in [0.717, 1.165) is 55.7 Å². The van der Waals surface area contributed by atoms with E-state index < -0.39 is 0 Å². The van der Waals surface area contributed by atoms with Crippen molar-refractivity contribution >= 4 is 39.0 Å². The molecule has 2 aromatic rings. The molecule has 1 saturated heterocycles. The molecular formula is C17H23ClN4S. The zero-order chi connectivity index (χ0) is 16.0. The van der Waals surface area contributed by atoms with E-state index in [-0.39, 0.29) is 0 Å². The summed E-state index contributed by atoms with van der Waals surface area (Å²) in [5.74, 6) is 1.85. The molecule has 2 aromatic heterocycles. The topological polar surface area (TPSA) is 32.3 Å². The maximum absolute atomic E-state index is 6.24. The summed E-state index contributed by atoms with van der Waals surface area (Å²) in [7, 11) is 0. The Balaban J connectivity index is 1.77. The predicted molar refractivity (Wildman–Crippen MR) is 97.9 cm³/mol. The standard InChI is InChI=1S/C17H23ClN4S/c1-3-21-6-8-22(9-7-21)15-14-12-5-4-11(2)10-13(12)23-16(14)20-17(18)19-15/h11H,3-10H2,1-2H3. The van der Waals surface area contributed by atoms with Gasteiger partial charge in [0.1, 0.15) is 10.6 Å². The summed E-state index contributed by atoms with van der Waals surface area (Å²) in [6, 6.07) is 0. The molecule has 4 rings (SSSR count). The van der Waals surface area contributed by atoms with E-state index in [4.69, 9.17) is 11.6 Å². The Morgan fingerprint density at radius 3 is 2.74 bits per heavy atom. The third-order valence-corrected chi connectivity index (χ3v) is 6.54. The van der Waals surface area contributed by atoms with Crippen LogP contribution >= 0.6 is 22.9 Å². The molecule has 6 heteroatoms. The molecule has 3 heterocycles. The number of anilines is 1. The van der Waals surface area contributed by atoms with Crippen LogP contribution < -0.4 is 4.90 Å². The van der Waals surface area contributed by atoms with Crippen LogP contribution in [0.2, 0.25) is 5.28 Å². The molecule has 0 radical (unpaired) electrons. The Bertz CT molecular complexity index is 721. The minimum Gasteiger partial charge on any atom is -0.353 e. The largest absolute Gasteiger partial charge is 0.353 e. The Hall–Kier alpha value is -0.910. The SMILES string of the molecule is CCN1CCN(c2nc(Cl)nc3sc4c(c23)CCC(C)C4)CC1. The third kappa shape index (κ3) is 2.83. The lowest BCUT2D eigenvalue weighted by atomic mass is 9.89. The van der Waals surface area contributed by atoms with Crippen molar-refractivity contribution in [2.75, 3.05) is 37.6 Å². The van der Waals surface area contributed by atoms with E-state index >= 15 is 0 Å². The third-order valence-electron chi connectivity index (χ3n) is 5.23. The van der Waals surface area contributed by atoms with Gasteiger partial charge < -0.3 is 9.80 Å². The van der Waals surface area contributed by atoms with Crippen molar-refractivity contribution in [1.82, 2.24) is 14.9 Å². The fraction of sp³-hybridized carbons (Fsp3) is 0.647. The molecule has 124 valence electrons. The van der Waals surface area contributed by atoms with Crippen molar-refractivity contribution in [2.24, 2.45) is 5.92 Å². The van der Waals surface area contributed by atoms with Crippen LogP contribution in [0.5, 0.6) is 0 Å². The predicted octanol–water partition coefficient (Wildman–Crippen LogP) is 3.61. The number of piperazine rings is 1. The van der Waals surface area contributed by atoms with Crippen LogP contribution in [-0.4, -0.2) is 47.6 Å². The van der Waals surface area contributed by atoms with Crippen molar-refractivity contribution in [3.05, 3.63) is 15.7 Å². The van der Waals surface area contributed by atoms with Gasteiger partial charge in [-0.15, -0.1) is 11.3 Å².